The van der Waals surface area contributed by atoms with Crippen LogP contribution in [0.15, 0.2) is 4.52 Å². The summed E-state index contributed by atoms with van der Waals surface area (Å²) in [5.41, 5.74) is 6.21. The predicted molar refractivity (Wildman–Crippen MR) is 78.2 cm³/mol. The molecule has 0 aliphatic heterocycles. The van der Waals surface area contributed by atoms with Crippen LogP contribution < -0.4 is 5.73 Å². The summed E-state index contributed by atoms with van der Waals surface area (Å²) in [5.74, 6) is 2.90. The lowest BCUT2D eigenvalue weighted by atomic mass is 9.76. The van der Waals surface area contributed by atoms with Crippen molar-refractivity contribution < 1.29 is 4.52 Å². The van der Waals surface area contributed by atoms with Gasteiger partial charge in [-0.2, -0.15) is 4.98 Å². The first-order valence-corrected chi connectivity index (χ1v) is 8.34. The van der Waals surface area contributed by atoms with E-state index in [9.17, 15) is 0 Å². The van der Waals surface area contributed by atoms with Crippen LogP contribution in [0.1, 0.15) is 88.8 Å². The molecule has 2 fully saturated rings. The van der Waals surface area contributed by atoms with Crippen molar-refractivity contribution in [1.29, 1.82) is 0 Å². The summed E-state index contributed by atoms with van der Waals surface area (Å²) in [6, 6.07) is 0. The molecule has 20 heavy (non-hydrogen) atoms. The van der Waals surface area contributed by atoms with E-state index in [2.05, 4.69) is 17.1 Å². The van der Waals surface area contributed by atoms with Crippen molar-refractivity contribution >= 4 is 0 Å². The second kappa shape index (κ2) is 5.84. The average molecular weight is 277 g/mol. The molecule has 1 aromatic heterocycles. The van der Waals surface area contributed by atoms with E-state index in [4.69, 9.17) is 10.3 Å². The van der Waals surface area contributed by atoms with E-state index in [0.717, 1.165) is 30.5 Å². The molecule has 1 heterocycles. The molecule has 112 valence electrons. The topological polar surface area (TPSA) is 64.9 Å². The van der Waals surface area contributed by atoms with Crippen LogP contribution in [-0.2, 0) is 5.54 Å². The standard InChI is InChI=1S/C16H27N3O/c1-2-12-8-10-16(17,11-9-12)15-18-14(20-19-15)13-6-4-3-5-7-13/h12-13H,2-11,17H2,1H3. The molecule has 2 saturated carbocycles. The largest absolute Gasteiger partial charge is 0.339 e. The molecule has 3 rings (SSSR count). The summed E-state index contributed by atoms with van der Waals surface area (Å²) < 4.78 is 5.53. The maximum Gasteiger partial charge on any atom is 0.229 e. The first-order valence-electron chi connectivity index (χ1n) is 8.34. The van der Waals surface area contributed by atoms with Gasteiger partial charge in [-0.1, -0.05) is 37.8 Å². The summed E-state index contributed by atoms with van der Waals surface area (Å²) in [4.78, 5) is 4.68. The van der Waals surface area contributed by atoms with Gasteiger partial charge >= 0.3 is 0 Å². The number of nitrogens with zero attached hydrogens (tertiary/aromatic N) is 2. The summed E-state index contributed by atoms with van der Waals surface area (Å²) in [6.07, 6.45) is 11.9. The molecule has 0 aromatic carbocycles. The normalized spacial score (nSPS) is 32.4. The van der Waals surface area contributed by atoms with Crippen LogP contribution in [0.25, 0.3) is 0 Å². The summed E-state index contributed by atoms with van der Waals surface area (Å²) in [6.45, 7) is 2.27. The Morgan fingerprint density at radius 1 is 1.15 bits per heavy atom. The Morgan fingerprint density at radius 2 is 1.85 bits per heavy atom. The van der Waals surface area contributed by atoms with Crippen molar-refractivity contribution in [1.82, 2.24) is 10.1 Å². The van der Waals surface area contributed by atoms with Crippen molar-refractivity contribution in [3.8, 4) is 0 Å². The number of aromatic nitrogens is 2. The minimum atomic E-state index is -0.345. The van der Waals surface area contributed by atoms with E-state index in [1.54, 1.807) is 0 Å². The predicted octanol–water partition coefficient (Wildman–Crippen LogP) is 3.87. The molecule has 2 aliphatic rings. The van der Waals surface area contributed by atoms with Crippen LogP contribution in [-0.4, -0.2) is 10.1 Å². The van der Waals surface area contributed by atoms with Gasteiger partial charge in [-0.25, -0.2) is 0 Å². The van der Waals surface area contributed by atoms with Crippen molar-refractivity contribution in [2.24, 2.45) is 11.7 Å². The Balaban J connectivity index is 1.69. The van der Waals surface area contributed by atoms with Gasteiger partial charge in [-0.3, -0.25) is 0 Å². The van der Waals surface area contributed by atoms with Gasteiger partial charge in [0.15, 0.2) is 5.82 Å². The first-order chi connectivity index (χ1) is 9.71. The SMILES string of the molecule is CCC1CCC(N)(c2noc(C3CCCCC3)n2)CC1. The van der Waals surface area contributed by atoms with Crippen molar-refractivity contribution in [2.75, 3.05) is 0 Å². The zero-order valence-corrected chi connectivity index (χ0v) is 12.6. The lowest BCUT2D eigenvalue weighted by molar-refractivity contribution is 0.216. The molecule has 0 atom stereocenters. The number of hydrogen-bond donors (Lipinski definition) is 1. The number of hydrogen-bond acceptors (Lipinski definition) is 4. The monoisotopic (exact) mass is 277 g/mol. The van der Waals surface area contributed by atoms with Gasteiger partial charge in [0.2, 0.25) is 5.89 Å². The molecule has 4 heteroatoms. The zero-order chi connectivity index (χ0) is 14.0. The molecule has 2 aliphatic carbocycles. The van der Waals surface area contributed by atoms with E-state index in [0.29, 0.717) is 5.92 Å². The van der Waals surface area contributed by atoms with E-state index in [1.807, 2.05) is 0 Å². The molecule has 0 bridgehead atoms. The first kappa shape index (κ1) is 14.1. The Hall–Kier alpha value is -0.900. The number of nitrogens with two attached hydrogens (primary N) is 1. The van der Waals surface area contributed by atoms with Crippen LogP contribution in [0.4, 0.5) is 0 Å². The molecule has 0 radical (unpaired) electrons. The van der Waals surface area contributed by atoms with Crippen molar-refractivity contribution in [3.63, 3.8) is 0 Å². The highest BCUT2D eigenvalue weighted by Gasteiger charge is 2.37. The summed E-state index contributed by atoms with van der Waals surface area (Å²) in [7, 11) is 0. The van der Waals surface area contributed by atoms with Crippen LogP contribution in [0, 0.1) is 5.92 Å². The highest BCUT2D eigenvalue weighted by atomic mass is 16.5. The van der Waals surface area contributed by atoms with Gasteiger partial charge in [0.05, 0.1) is 5.54 Å². The van der Waals surface area contributed by atoms with E-state index in [1.165, 1.54) is 51.4 Å². The third-order valence-electron chi connectivity index (χ3n) is 5.42. The van der Waals surface area contributed by atoms with Gasteiger partial charge in [0.25, 0.3) is 0 Å². The van der Waals surface area contributed by atoms with Gasteiger partial charge in [-0.15, -0.1) is 0 Å². The van der Waals surface area contributed by atoms with Gasteiger partial charge in [-0.05, 0) is 44.4 Å². The molecule has 0 saturated heterocycles. The Kier molecular flexibility index (Phi) is 4.11. The lowest BCUT2D eigenvalue weighted by Gasteiger charge is -2.34. The maximum absolute atomic E-state index is 6.56. The van der Waals surface area contributed by atoms with Gasteiger partial charge in [0, 0.05) is 5.92 Å². The molecular formula is C16H27N3O. The summed E-state index contributed by atoms with van der Waals surface area (Å²) in [5, 5.41) is 4.23. The quantitative estimate of drug-likeness (QED) is 0.910. The second-order valence-electron chi connectivity index (χ2n) is 6.80. The van der Waals surface area contributed by atoms with Gasteiger partial charge < -0.3 is 10.3 Å². The summed E-state index contributed by atoms with van der Waals surface area (Å²) >= 11 is 0. The molecule has 0 spiro atoms. The van der Waals surface area contributed by atoms with Crippen LogP contribution in [0.2, 0.25) is 0 Å². The van der Waals surface area contributed by atoms with Crippen LogP contribution >= 0.6 is 0 Å². The van der Waals surface area contributed by atoms with Crippen molar-refractivity contribution in [3.05, 3.63) is 11.7 Å². The third-order valence-corrected chi connectivity index (χ3v) is 5.42. The third kappa shape index (κ3) is 2.76. The molecule has 0 amide bonds. The lowest BCUT2D eigenvalue weighted by Crippen LogP contribution is -2.41. The van der Waals surface area contributed by atoms with E-state index in [-0.39, 0.29) is 5.54 Å². The van der Waals surface area contributed by atoms with E-state index < -0.39 is 0 Å². The smallest absolute Gasteiger partial charge is 0.229 e. The van der Waals surface area contributed by atoms with E-state index >= 15 is 0 Å². The minimum Gasteiger partial charge on any atom is -0.339 e. The minimum absolute atomic E-state index is 0.345. The molecular weight excluding hydrogens is 250 g/mol. The molecule has 0 unspecified atom stereocenters. The highest BCUT2D eigenvalue weighted by Crippen LogP contribution is 2.38. The fraction of sp³-hybridized carbons (Fsp3) is 0.875. The van der Waals surface area contributed by atoms with Crippen LogP contribution in [0.5, 0.6) is 0 Å². The maximum atomic E-state index is 6.56. The van der Waals surface area contributed by atoms with Crippen molar-refractivity contribution in [2.45, 2.75) is 82.6 Å². The second-order valence-corrected chi connectivity index (χ2v) is 6.80. The fourth-order valence-electron chi connectivity index (χ4n) is 3.78. The zero-order valence-electron chi connectivity index (χ0n) is 12.6. The van der Waals surface area contributed by atoms with Crippen LogP contribution in [0.3, 0.4) is 0 Å². The molecule has 4 nitrogen and oxygen atoms in total. The average Bonchev–Trinajstić information content (AvgIpc) is 3.00. The molecule has 2 N–H and O–H groups in total. The highest BCUT2D eigenvalue weighted by molar-refractivity contribution is 5.07. The fourth-order valence-corrected chi connectivity index (χ4v) is 3.78. The Morgan fingerprint density at radius 3 is 2.50 bits per heavy atom. The number of rotatable bonds is 3. The Labute approximate surface area is 121 Å². The molecule has 1 aromatic rings. The Bertz CT molecular complexity index is 429. The van der Waals surface area contributed by atoms with Gasteiger partial charge in [0.1, 0.15) is 0 Å².